The first-order valence-corrected chi connectivity index (χ1v) is 14.0. The Morgan fingerprint density at radius 2 is 1.00 bits per heavy atom. The van der Waals surface area contributed by atoms with Crippen LogP contribution in [-0.2, 0) is 12.6 Å². The van der Waals surface area contributed by atoms with E-state index in [1.54, 1.807) is 0 Å². The zero-order valence-corrected chi connectivity index (χ0v) is 22.1. The zero-order valence-electron chi connectivity index (χ0n) is 21.2. The first kappa shape index (κ1) is 28.6. The van der Waals surface area contributed by atoms with Crippen LogP contribution in [-0.4, -0.2) is 9.78 Å². The van der Waals surface area contributed by atoms with E-state index in [-0.39, 0.29) is 0 Å². The number of hydrogen-bond acceptors (Lipinski definition) is 1. The van der Waals surface area contributed by atoms with E-state index in [2.05, 4.69) is 84.6 Å². The maximum absolute atomic E-state index is 10.7. The van der Waals surface area contributed by atoms with Crippen LogP contribution in [0.5, 0.6) is 0 Å². The predicted octanol–water partition coefficient (Wildman–Crippen LogP) is 8.33. The molecule has 0 saturated heterocycles. The second-order valence-electron chi connectivity index (χ2n) is 8.94. The number of pyridine rings is 1. The Morgan fingerprint density at radius 1 is 0.625 bits per heavy atom. The molecule has 0 amide bonds. The molecule has 2 heterocycles. The van der Waals surface area contributed by atoms with Crippen LogP contribution in [0.1, 0.15) is 27.8 Å². The van der Waals surface area contributed by atoms with Crippen molar-refractivity contribution in [3.63, 3.8) is 0 Å². The van der Waals surface area contributed by atoms with Gasteiger partial charge >= 0.3 is 33.0 Å². The fourth-order valence-corrected chi connectivity index (χ4v) is 4.23. The molecule has 0 fully saturated rings. The van der Waals surface area contributed by atoms with Gasteiger partial charge in [-0.15, -0.1) is 0 Å². The summed E-state index contributed by atoms with van der Waals surface area (Å²) in [5.41, 5.74) is 4.64. The van der Waals surface area contributed by atoms with Crippen LogP contribution in [0.2, 0.25) is 0 Å². The number of benzene rings is 3. The van der Waals surface area contributed by atoms with E-state index in [9.17, 15) is 25.2 Å². The van der Waals surface area contributed by atoms with Crippen molar-refractivity contribution in [3.8, 4) is 11.8 Å². The molecule has 0 aliphatic rings. The van der Waals surface area contributed by atoms with Gasteiger partial charge in [0.15, 0.2) is 12.4 Å². The second kappa shape index (κ2) is 10.3. The molecule has 0 unspecified atom stereocenters. The van der Waals surface area contributed by atoms with Crippen LogP contribution >= 0.6 is 7.81 Å². The average Bonchev–Trinajstić information content (AvgIpc) is 3.38. The molecule has 3 aromatic carbocycles. The van der Waals surface area contributed by atoms with Gasteiger partial charge in [0.25, 0.3) is 0 Å². The van der Waals surface area contributed by atoms with E-state index in [1.807, 2.05) is 71.4 Å². The van der Waals surface area contributed by atoms with Gasteiger partial charge in [0.2, 0.25) is 0 Å². The number of rotatable bonds is 4. The summed E-state index contributed by atoms with van der Waals surface area (Å²) in [5.74, 6) is 6.54. The molecule has 10 heteroatoms. The standard InChI is InChI=1S/C30H24N3.F6P/c1-32-21-19-25(20-22-32)17-18-26-23-31-33(24-26)30(27-11-5-2-6-12-27,28-13-7-3-8-14-28)29-15-9-4-10-16-29;1-7(2,3,4,5)6/h2-16,19-24H,1H3;/q+1;-1. The number of aryl methyl sites for hydroxylation is 1. The minimum atomic E-state index is -10.7. The summed E-state index contributed by atoms with van der Waals surface area (Å²) in [5, 5.41) is 4.85. The quantitative estimate of drug-likeness (QED) is 0.0699. The topological polar surface area (TPSA) is 21.7 Å². The van der Waals surface area contributed by atoms with Gasteiger partial charge in [0.1, 0.15) is 12.6 Å². The van der Waals surface area contributed by atoms with Crippen LogP contribution in [0.3, 0.4) is 0 Å². The summed E-state index contributed by atoms with van der Waals surface area (Å²) in [6, 6.07) is 35.6. The molecule has 0 aliphatic carbocycles. The van der Waals surface area contributed by atoms with Crippen molar-refractivity contribution in [3.05, 3.63) is 156 Å². The first-order valence-electron chi connectivity index (χ1n) is 12.0. The second-order valence-corrected chi connectivity index (χ2v) is 10.9. The van der Waals surface area contributed by atoms with Gasteiger partial charge in [-0.2, -0.15) is 5.10 Å². The number of aromatic nitrogens is 3. The van der Waals surface area contributed by atoms with E-state index in [4.69, 9.17) is 5.10 Å². The normalized spacial score (nSPS) is 13.1. The molecule has 0 spiro atoms. The Hall–Kier alpha value is -4.41. The van der Waals surface area contributed by atoms with Crippen molar-refractivity contribution in [2.75, 3.05) is 0 Å². The molecule has 0 saturated carbocycles. The molecular formula is C30H24F6N3P. The molecular weight excluding hydrogens is 547 g/mol. The summed E-state index contributed by atoms with van der Waals surface area (Å²) >= 11 is 0. The fraction of sp³-hybridized carbons (Fsp3) is 0.0667. The maximum atomic E-state index is 9.87. The molecule has 206 valence electrons. The van der Waals surface area contributed by atoms with Gasteiger partial charge in [-0.25, -0.2) is 4.57 Å². The van der Waals surface area contributed by atoms with Crippen molar-refractivity contribution in [2.24, 2.45) is 7.05 Å². The average molecular weight is 572 g/mol. The van der Waals surface area contributed by atoms with Crippen molar-refractivity contribution >= 4 is 7.81 Å². The third-order valence-corrected chi connectivity index (χ3v) is 5.83. The van der Waals surface area contributed by atoms with Gasteiger partial charge < -0.3 is 0 Å². The number of hydrogen-bond donors (Lipinski definition) is 0. The van der Waals surface area contributed by atoms with Crippen LogP contribution in [0.4, 0.5) is 25.2 Å². The first-order chi connectivity index (χ1) is 18.7. The number of nitrogens with zero attached hydrogens (tertiary/aromatic N) is 3. The summed E-state index contributed by atoms with van der Waals surface area (Å²) in [6.07, 6.45) is 7.89. The monoisotopic (exact) mass is 571 g/mol. The van der Waals surface area contributed by atoms with Gasteiger partial charge in [0.05, 0.1) is 11.8 Å². The Kier molecular flexibility index (Phi) is 7.35. The Labute approximate surface area is 227 Å². The van der Waals surface area contributed by atoms with Crippen molar-refractivity contribution in [1.29, 1.82) is 0 Å². The van der Waals surface area contributed by atoms with Crippen LogP contribution in [0, 0.1) is 11.8 Å². The summed E-state index contributed by atoms with van der Waals surface area (Å²) in [4.78, 5) is 0. The van der Waals surface area contributed by atoms with E-state index in [0.29, 0.717) is 0 Å². The van der Waals surface area contributed by atoms with Crippen LogP contribution < -0.4 is 4.57 Å². The fourth-order valence-electron chi connectivity index (χ4n) is 4.23. The summed E-state index contributed by atoms with van der Waals surface area (Å²) in [7, 11) is -8.66. The molecule has 0 N–H and O–H groups in total. The van der Waals surface area contributed by atoms with E-state index >= 15 is 0 Å². The molecule has 0 atom stereocenters. The zero-order chi connectivity index (χ0) is 28.9. The molecule has 0 radical (unpaired) electrons. The SMILES string of the molecule is C[n+]1ccc(C#Cc2cnn(C(c3ccccc3)(c3ccccc3)c3ccccc3)c2)cc1.F[P-](F)(F)(F)(F)F. The number of halogens is 6. The van der Waals surface area contributed by atoms with Gasteiger partial charge in [0, 0.05) is 23.9 Å². The molecule has 5 aromatic rings. The summed E-state index contributed by atoms with van der Waals surface area (Å²) < 4.78 is 63.2. The Balaban J connectivity index is 0.000000470. The third kappa shape index (κ3) is 7.81. The molecule has 5 rings (SSSR count). The predicted molar refractivity (Wildman–Crippen MR) is 144 cm³/mol. The van der Waals surface area contributed by atoms with Crippen LogP contribution in [0.25, 0.3) is 0 Å². The van der Waals surface area contributed by atoms with E-state index in [1.165, 1.54) is 0 Å². The molecule has 0 bridgehead atoms. The summed E-state index contributed by atoms with van der Waals surface area (Å²) in [6.45, 7) is 0. The third-order valence-electron chi connectivity index (χ3n) is 5.83. The van der Waals surface area contributed by atoms with Gasteiger partial charge in [-0.3, -0.25) is 4.68 Å². The van der Waals surface area contributed by atoms with Gasteiger partial charge in [-0.1, -0.05) is 103 Å². The van der Waals surface area contributed by atoms with Crippen LogP contribution in [0.15, 0.2) is 128 Å². The Bertz CT molecular complexity index is 1520. The van der Waals surface area contributed by atoms with Crippen molar-refractivity contribution < 1.29 is 29.7 Å². The van der Waals surface area contributed by atoms with Crippen molar-refractivity contribution in [2.45, 2.75) is 5.54 Å². The Morgan fingerprint density at radius 3 is 1.40 bits per heavy atom. The molecule has 40 heavy (non-hydrogen) atoms. The molecule has 0 aliphatic heterocycles. The van der Waals surface area contributed by atoms with E-state index < -0.39 is 13.3 Å². The van der Waals surface area contributed by atoms with E-state index in [0.717, 1.165) is 27.8 Å². The molecule has 3 nitrogen and oxygen atoms in total. The van der Waals surface area contributed by atoms with Gasteiger partial charge in [-0.05, 0) is 16.7 Å². The van der Waals surface area contributed by atoms with Crippen molar-refractivity contribution in [1.82, 2.24) is 9.78 Å². The molecule has 2 aromatic heterocycles. The minimum absolute atomic E-state index is 0.621.